The van der Waals surface area contributed by atoms with Crippen LogP contribution in [-0.2, 0) is 4.74 Å². The van der Waals surface area contributed by atoms with E-state index < -0.39 is 6.23 Å². The molecular weight excluding hydrogens is 130 g/mol. The molecule has 2 aliphatic heterocycles. The molecule has 2 aliphatic rings. The van der Waals surface area contributed by atoms with Crippen LogP contribution in [0.2, 0.25) is 0 Å². The van der Waals surface area contributed by atoms with Gasteiger partial charge < -0.3 is 9.84 Å². The van der Waals surface area contributed by atoms with Gasteiger partial charge in [0.2, 0.25) is 5.88 Å². The van der Waals surface area contributed by atoms with Crippen LogP contribution in [0.25, 0.3) is 0 Å². The lowest BCUT2D eigenvalue weighted by molar-refractivity contribution is 0.0783. The summed E-state index contributed by atoms with van der Waals surface area (Å²) in [6.45, 7) is 0. The molecule has 3 heteroatoms. The fraction of sp³-hybridized carbons (Fsp3) is 0.143. The molecule has 52 valence electrons. The van der Waals surface area contributed by atoms with Gasteiger partial charge in [0.1, 0.15) is 6.26 Å². The molecule has 2 rings (SSSR count). The molecular formula is C7H7NO2. The molecule has 0 unspecified atom stereocenters. The molecule has 0 aromatic rings. The van der Waals surface area contributed by atoms with Crippen LogP contribution in [0, 0.1) is 0 Å². The quantitative estimate of drug-likeness (QED) is 0.528. The highest BCUT2D eigenvalue weighted by molar-refractivity contribution is 5.20. The number of rotatable bonds is 0. The van der Waals surface area contributed by atoms with E-state index in [0.29, 0.717) is 5.88 Å². The van der Waals surface area contributed by atoms with Crippen LogP contribution in [0.15, 0.2) is 36.6 Å². The van der Waals surface area contributed by atoms with Crippen LogP contribution in [0.1, 0.15) is 0 Å². The van der Waals surface area contributed by atoms with Crippen molar-refractivity contribution in [2.75, 3.05) is 0 Å². The van der Waals surface area contributed by atoms with E-state index in [1.807, 2.05) is 0 Å². The summed E-state index contributed by atoms with van der Waals surface area (Å²) in [6.07, 6.45) is 7.92. The number of aliphatic hydroxyl groups is 1. The highest BCUT2D eigenvalue weighted by Crippen LogP contribution is 2.21. The smallest absolute Gasteiger partial charge is 0.201 e. The zero-order valence-corrected chi connectivity index (χ0v) is 5.27. The minimum atomic E-state index is -0.571. The van der Waals surface area contributed by atoms with Crippen molar-refractivity contribution in [1.82, 2.24) is 4.90 Å². The average Bonchev–Trinajstić information content (AvgIpc) is 2.36. The number of hydrogen-bond acceptors (Lipinski definition) is 3. The van der Waals surface area contributed by atoms with Crippen molar-refractivity contribution in [3.8, 4) is 0 Å². The summed E-state index contributed by atoms with van der Waals surface area (Å²) in [5, 5.41) is 9.25. The van der Waals surface area contributed by atoms with Crippen molar-refractivity contribution >= 4 is 0 Å². The van der Waals surface area contributed by atoms with Crippen molar-refractivity contribution in [1.29, 1.82) is 0 Å². The number of aliphatic hydroxyl groups excluding tert-OH is 1. The van der Waals surface area contributed by atoms with E-state index in [2.05, 4.69) is 0 Å². The van der Waals surface area contributed by atoms with Gasteiger partial charge in [-0.05, 0) is 12.2 Å². The summed E-state index contributed by atoms with van der Waals surface area (Å²) in [5.41, 5.74) is 0. The van der Waals surface area contributed by atoms with Crippen molar-refractivity contribution in [3.05, 3.63) is 36.6 Å². The number of fused-ring (bicyclic) bond motifs is 1. The molecule has 0 aromatic heterocycles. The van der Waals surface area contributed by atoms with E-state index in [1.54, 1.807) is 35.6 Å². The fourth-order valence-electron chi connectivity index (χ4n) is 0.974. The van der Waals surface area contributed by atoms with Gasteiger partial charge in [-0.3, -0.25) is 4.90 Å². The maximum Gasteiger partial charge on any atom is 0.201 e. The first-order chi connectivity index (χ1) is 4.88. The number of nitrogens with zero attached hydrogens (tertiary/aromatic N) is 1. The van der Waals surface area contributed by atoms with Gasteiger partial charge >= 0.3 is 0 Å². The maximum atomic E-state index is 9.25. The highest BCUT2D eigenvalue weighted by Gasteiger charge is 2.20. The Balaban J connectivity index is 2.31. The Labute approximate surface area is 58.5 Å². The van der Waals surface area contributed by atoms with Gasteiger partial charge in [-0.25, -0.2) is 0 Å². The number of hydrogen-bond donors (Lipinski definition) is 1. The van der Waals surface area contributed by atoms with E-state index >= 15 is 0 Å². The van der Waals surface area contributed by atoms with Crippen LogP contribution < -0.4 is 0 Å². The van der Waals surface area contributed by atoms with E-state index in [0.717, 1.165) is 0 Å². The maximum absolute atomic E-state index is 9.25. The number of allylic oxidation sites excluding steroid dienone is 2. The molecule has 0 spiro atoms. The van der Waals surface area contributed by atoms with Crippen LogP contribution in [-0.4, -0.2) is 16.2 Å². The van der Waals surface area contributed by atoms with Gasteiger partial charge in [-0.2, -0.15) is 0 Å². The average molecular weight is 137 g/mol. The predicted molar refractivity (Wildman–Crippen MR) is 35.3 cm³/mol. The Morgan fingerprint density at radius 3 is 3.30 bits per heavy atom. The van der Waals surface area contributed by atoms with Gasteiger partial charge in [-0.1, -0.05) is 6.08 Å². The molecule has 2 heterocycles. The Kier molecular flexibility index (Phi) is 1.05. The van der Waals surface area contributed by atoms with Crippen molar-refractivity contribution in [2.24, 2.45) is 0 Å². The third-order valence-electron chi connectivity index (χ3n) is 1.47. The molecule has 1 N–H and O–H groups in total. The lowest BCUT2D eigenvalue weighted by atomic mass is 10.3. The Morgan fingerprint density at radius 2 is 2.50 bits per heavy atom. The molecule has 0 radical (unpaired) electrons. The summed E-state index contributed by atoms with van der Waals surface area (Å²) in [4.78, 5) is 1.64. The topological polar surface area (TPSA) is 32.7 Å². The normalized spacial score (nSPS) is 27.9. The molecule has 10 heavy (non-hydrogen) atoms. The van der Waals surface area contributed by atoms with Crippen molar-refractivity contribution in [3.63, 3.8) is 0 Å². The lowest BCUT2D eigenvalue weighted by Gasteiger charge is -2.22. The third kappa shape index (κ3) is 0.642. The first kappa shape index (κ1) is 5.56. The second-order valence-corrected chi connectivity index (χ2v) is 2.11. The van der Waals surface area contributed by atoms with Crippen LogP contribution in [0.3, 0.4) is 0 Å². The highest BCUT2D eigenvalue weighted by atomic mass is 16.5. The number of ether oxygens (including phenoxy) is 1. The summed E-state index contributed by atoms with van der Waals surface area (Å²) >= 11 is 0. The van der Waals surface area contributed by atoms with E-state index in [1.165, 1.54) is 0 Å². The monoisotopic (exact) mass is 137 g/mol. The van der Waals surface area contributed by atoms with Crippen LogP contribution in [0.4, 0.5) is 0 Å². The minimum absolute atomic E-state index is 0.571. The first-order valence-corrected chi connectivity index (χ1v) is 3.06. The second-order valence-electron chi connectivity index (χ2n) is 2.11. The Morgan fingerprint density at radius 1 is 1.60 bits per heavy atom. The lowest BCUT2D eigenvalue weighted by Crippen LogP contribution is -2.27. The zero-order valence-electron chi connectivity index (χ0n) is 5.27. The molecule has 3 nitrogen and oxygen atoms in total. The standard InChI is InChI=1S/C7H7NO2/c9-6-2-1-3-7-8(6)4-5-10-7/h1-6,9H/t6-/m1/s1. The third-order valence-corrected chi connectivity index (χ3v) is 1.47. The summed E-state index contributed by atoms with van der Waals surface area (Å²) in [5.74, 6) is 0.676. The minimum Gasteiger partial charge on any atom is -0.447 e. The van der Waals surface area contributed by atoms with Gasteiger partial charge in [0.25, 0.3) is 0 Å². The first-order valence-electron chi connectivity index (χ1n) is 3.06. The van der Waals surface area contributed by atoms with Crippen LogP contribution >= 0.6 is 0 Å². The zero-order chi connectivity index (χ0) is 6.97. The van der Waals surface area contributed by atoms with Gasteiger partial charge in [-0.15, -0.1) is 0 Å². The molecule has 0 aliphatic carbocycles. The summed E-state index contributed by atoms with van der Waals surface area (Å²) in [7, 11) is 0. The molecule has 0 amide bonds. The Hall–Kier alpha value is -1.22. The van der Waals surface area contributed by atoms with E-state index in [-0.39, 0.29) is 0 Å². The molecule has 0 saturated carbocycles. The van der Waals surface area contributed by atoms with Crippen molar-refractivity contribution < 1.29 is 9.84 Å². The largest absolute Gasteiger partial charge is 0.447 e. The van der Waals surface area contributed by atoms with E-state index in [9.17, 15) is 5.11 Å². The van der Waals surface area contributed by atoms with E-state index in [4.69, 9.17) is 4.74 Å². The molecule has 1 atom stereocenters. The summed E-state index contributed by atoms with van der Waals surface area (Å²) in [6, 6.07) is 0. The molecule has 0 saturated heterocycles. The van der Waals surface area contributed by atoms with Gasteiger partial charge in [0.05, 0.1) is 0 Å². The molecule has 0 aromatic carbocycles. The predicted octanol–water partition coefficient (Wildman–Crippen LogP) is 0.519. The Bertz CT molecular complexity index is 230. The molecule has 0 fully saturated rings. The van der Waals surface area contributed by atoms with Crippen LogP contribution in [0.5, 0.6) is 0 Å². The van der Waals surface area contributed by atoms with Gasteiger partial charge in [0.15, 0.2) is 6.23 Å². The van der Waals surface area contributed by atoms with Crippen molar-refractivity contribution in [2.45, 2.75) is 6.23 Å². The van der Waals surface area contributed by atoms with Gasteiger partial charge in [0, 0.05) is 6.20 Å². The SMILES string of the molecule is O[C@@H]1C=CC=C2OC=CN21. The second kappa shape index (κ2) is 1.88. The fourth-order valence-corrected chi connectivity index (χ4v) is 0.974. The molecule has 0 bridgehead atoms. The summed E-state index contributed by atoms with van der Waals surface area (Å²) < 4.78 is 5.02.